The summed E-state index contributed by atoms with van der Waals surface area (Å²) in [5.74, 6) is 3.01. The van der Waals surface area contributed by atoms with Crippen molar-refractivity contribution >= 4 is 5.82 Å². The molecule has 1 atom stereocenters. The number of aromatic nitrogens is 3. The van der Waals surface area contributed by atoms with Crippen LogP contribution in [0.4, 0.5) is 5.82 Å². The number of hydrogen-bond donors (Lipinski definition) is 0. The number of likely N-dealkylation sites (tertiary alicyclic amines) is 1. The number of piperidine rings is 1. The van der Waals surface area contributed by atoms with Gasteiger partial charge in [-0.1, -0.05) is 18.2 Å². The van der Waals surface area contributed by atoms with Crippen LogP contribution in [0.1, 0.15) is 30.0 Å². The van der Waals surface area contributed by atoms with Gasteiger partial charge in [0.25, 0.3) is 0 Å². The lowest BCUT2D eigenvalue weighted by atomic mass is 9.93. The lowest BCUT2D eigenvalue weighted by Gasteiger charge is -2.33. The molecule has 1 fully saturated rings. The van der Waals surface area contributed by atoms with Crippen LogP contribution in [0.25, 0.3) is 11.4 Å². The van der Waals surface area contributed by atoms with Crippen LogP contribution < -0.4 is 9.64 Å². The van der Waals surface area contributed by atoms with E-state index in [1.807, 2.05) is 49.5 Å². The first-order valence-electron chi connectivity index (χ1n) is 10.4. The molecular formula is C24H29N5O. The Morgan fingerprint density at radius 1 is 1.13 bits per heavy atom. The van der Waals surface area contributed by atoms with E-state index < -0.39 is 0 Å². The van der Waals surface area contributed by atoms with Crippen LogP contribution in [-0.4, -0.2) is 54.1 Å². The highest BCUT2D eigenvalue weighted by Crippen LogP contribution is 2.31. The van der Waals surface area contributed by atoms with Gasteiger partial charge in [-0.15, -0.1) is 0 Å². The van der Waals surface area contributed by atoms with Crippen molar-refractivity contribution in [3.05, 3.63) is 66.1 Å². The van der Waals surface area contributed by atoms with Crippen molar-refractivity contribution in [2.24, 2.45) is 0 Å². The molecule has 0 aliphatic carbocycles. The molecule has 156 valence electrons. The third kappa shape index (κ3) is 4.60. The molecule has 0 radical (unpaired) electrons. The summed E-state index contributed by atoms with van der Waals surface area (Å²) in [4.78, 5) is 18.5. The zero-order valence-electron chi connectivity index (χ0n) is 18.0. The molecule has 0 amide bonds. The first-order valence-corrected chi connectivity index (χ1v) is 10.4. The van der Waals surface area contributed by atoms with Gasteiger partial charge >= 0.3 is 0 Å². The molecule has 3 heterocycles. The fourth-order valence-corrected chi connectivity index (χ4v) is 4.03. The van der Waals surface area contributed by atoms with Gasteiger partial charge in [-0.05, 0) is 37.6 Å². The first-order chi connectivity index (χ1) is 14.6. The van der Waals surface area contributed by atoms with Gasteiger partial charge in [-0.2, -0.15) is 0 Å². The minimum absolute atomic E-state index is 0.380. The topological polar surface area (TPSA) is 54.4 Å². The van der Waals surface area contributed by atoms with Crippen molar-refractivity contribution in [3.63, 3.8) is 0 Å². The van der Waals surface area contributed by atoms with Crippen LogP contribution in [0.2, 0.25) is 0 Å². The summed E-state index contributed by atoms with van der Waals surface area (Å²) >= 11 is 0. The maximum atomic E-state index is 5.55. The molecule has 6 nitrogen and oxygen atoms in total. The van der Waals surface area contributed by atoms with E-state index in [4.69, 9.17) is 14.7 Å². The lowest BCUT2D eigenvalue weighted by Crippen LogP contribution is -2.34. The van der Waals surface area contributed by atoms with E-state index in [0.717, 1.165) is 61.1 Å². The lowest BCUT2D eigenvalue weighted by molar-refractivity contribution is 0.196. The monoisotopic (exact) mass is 403 g/mol. The Labute approximate surface area is 178 Å². The van der Waals surface area contributed by atoms with E-state index >= 15 is 0 Å². The molecule has 30 heavy (non-hydrogen) atoms. The summed E-state index contributed by atoms with van der Waals surface area (Å²) in [5, 5.41) is 0. The Morgan fingerprint density at radius 3 is 2.77 bits per heavy atom. The highest BCUT2D eigenvalue weighted by Gasteiger charge is 2.24. The molecular weight excluding hydrogens is 374 g/mol. The van der Waals surface area contributed by atoms with Gasteiger partial charge in [0.2, 0.25) is 0 Å². The third-order valence-electron chi connectivity index (χ3n) is 5.62. The Morgan fingerprint density at radius 2 is 2.00 bits per heavy atom. The number of pyridine rings is 1. The highest BCUT2D eigenvalue weighted by molar-refractivity contribution is 5.56. The minimum atomic E-state index is 0.380. The number of para-hydroxylation sites is 1. The Kier molecular flexibility index (Phi) is 6.23. The summed E-state index contributed by atoms with van der Waals surface area (Å²) in [6.07, 6.45) is 5.90. The van der Waals surface area contributed by atoms with Gasteiger partial charge in [0.1, 0.15) is 11.6 Å². The van der Waals surface area contributed by atoms with Crippen LogP contribution in [0.3, 0.4) is 0 Å². The molecule has 1 saturated heterocycles. The van der Waals surface area contributed by atoms with E-state index in [2.05, 4.69) is 28.1 Å². The van der Waals surface area contributed by atoms with Gasteiger partial charge in [0, 0.05) is 62.7 Å². The zero-order chi connectivity index (χ0) is 20.9. The van der Waals surface area contributed by atoms with E-state index in [-0.39, 0.29) is 0 Å². The van der Waals surface area contributed by atoms with Gasteiger partial charge in [0.15, 0.2) is 5.82 Å². The van der Waals surface area contributed by atoms with Crippen molar-refractivity contribution in [3.8, 4) is 17.1 Å². The SMILES string of the molecule is COc1ccccc1CN1CCC[C@@H](c2cc(N(C)C)nc(-c3cccnc3)n2)C1. The summed E-state index contributed by atoms with van der Waals surface area (Å²) < 4.78 is 5.55. The van der Waals surface area contributed by atoms with Crippen molar-refractivity contribution in [2.45, 2.75) is 25.3 Å². The molecule has 3 aromatic rings. The largest absolute Gasteiger partial charge is 0.496 e. The van der Waals surface area contributed by atoms with Crippen LogP contribution >= 0.6 is 0 Å². The average molecular weight is 404 g/mol. The van der Waals surface area contributed by atoms with E-state index in [1.54, 1.807) is 13.3 Å². The fraction of sp³-hybridized carbons (Fsp3) is 0.375. The number of hydrogen-bond acceptors (Lipinski definition) is 6. The summed E-state index contributed by atoms with van der Waals surface area (Å²) in [6.45, 7) is 2.96. The molecule has 1 aliphatic rings. The zero-order valence-corrected chi connectivity index (χ0v) is 18.0. The average Bonchev–Trinajstić information content (AvgIpc) is 2.80. The van der Waals surface area contributed by atoms with Gasteiger partial charge in [-0.3, -0.25) is 9.88 Å². The quantitative estimate of drug-likeness (QED) is 0.620. The molecule has 4 rings (SSSR count). The van der Waals surface area contributed by atoms with Gasteiger partial charge in [-0.25, -0.2) is 9.97 Å². The number of rotatable bonds is 6. The van der Waals surface area contributed by atoms with Gasteiger partial charge < -0.3 is 9.64 Å². The molecule has 0 N–H and O–H groups in total. The van der Waals surface area contributed by atoms with E-state index in [9.17, 15) is 0 Å². The van der Waals surface area contributed by atoms with Crippen LogP contribution in [0, 0.1) is 0 Å². The second-order valence-electron chi connectivity index (χ2n) is 8.00. The number of methoxy groups -OCH3 is 1. The van der Waals surface area contributed by atoms with Crippen LogP contribution in [-0.2, 0) is 6.54 Å². The predicted molar refractivity (Wildman–Crippen MR) is 120 cm³/mol. The minimum Gasteiger partial charge on any atom is -0.496 e. The normalized spacial score (nSPS) is 17.0. The van der Waals surface area contributed by atoms with Crippen molar-refractivity contribution in [1.29, 1.82) is 0 Å². The number of ether oxygens (including phenoxy) is 1. The van der Waals surface area contributed by atoms with Crippen molar-refractivity contribution < 1.29 is 4.74 Å². The van der Waals surface area contributed by atoms with Crippen LogP contribution in [0.15, 0.2) is 54.9 Å². The number of anilines is 1. The standard InChI is InChI=1S/C24H29N5O/c1-28(2)23-14-21(26-24(27-23)18-9-6-12-25-15-18)19-10-7-13-29(16-19)17-20-8-4-5-11-22(20)30-3/h4-6,8-9,11-12,14-15,19H,7,10,13,16-17H2,1-3H3/t19-/m1/s1. The molecule has 2 aromatic heterocycles. The van der Waals surface area contributed by atoms with Crippen molar-refractivity contribution in [2.75, 3.05) is 39.2 Å². The number of nitrogens with zero attached hydrogens (tertiary/aromatic N) is 5. The molecule has 0 saturated carbocycles. The first kappa shape index (κ1) is 20.3. The summed E-state index contributed by atoms with van der Waals surface area (Å²) in [6, 6.07) is 14.4. The molecule has 0 spiro atoms. The molecule has 1 aromatic carbocycles. The predicted octanol–water partition coefficient (Wildman–Crippen LogP) is 3.99. The molecule has 0 bridgehead atoms. The second-order valence-corrected chi connectivity index (χ2v) is 8.00. The Bertz CT molecular complexity index is 976. The van der Waals surface area contributed by atoms with E-state index in [0.29, 0.717) is 5.92 Å². The smallest absolute Gasteiger partial charge is 0.163 e. The van der Waals surface area contributed by atoms with E-state index in [1.165, 1.54) is 5.56 Å². The third-order valence-corrected chi connectivity index (χ3v) is 5.62. The second kappa shape index (κ2) is 9.22. The summed E-state index contributed by atoms with van der Waals surface area (Å²) in [7, 11) is 5.78. The number of benzene rings is 1. The van der Waals surface area contributed by atoms with Crippen LogP contribution in [0.5, 0.6) is 5.75 Å². The maximum absolute atomic E-state index is 5.55. The molecule has 6 heteroatoms. The maximum Gasteiger partial charge on any atom is 0.163 e. The Balaban J connectivity index is 1.59. The highest BCUT2D eigenvalue weighted by atomic mass is 16.5. The van der Waals surface area contributed by atoms with Gasteiger partial charge in [0.05, 0.1) is 12.8 Å². The molecule has 0 unspecified atom stereocenters. The summed E-state index contributed by atoms with van der Waals surface area (Å²) in [5.41, 5.74) is 3.29. The Hall–Kier alpha value is -2.99. The van der Waals surface area contributed by atoms with Crippen molar-refractivity contribution in [1.82, 2.24) is 19.9 Å². The fourth-order valence-electron chi connectivity index (χ4n) is 4.03. The molecule has 1 aliphatic heterocycles.